The summed E-state index contributed by atoms with van der Waals surface area (Å²) in [5, 5.41) is 33.0. The van der Waals surface area contributed by atoms with Crippen molar-refractivity contribution in [3.05, 3.63) is 23.5 Å². The Balaban J connectivity index is 3.29. The maximum Gasteiger partial charge on any atom is 0.169 e. The van der Waals surface area contributed by atoms with Gasteiger partial charge in [-0.25, -0.2) is 0 Å². The Morgan fingerprint density at radius 1 is 1.12 bits per heavy atom. The fourth-order valence-electron chi connectivity index (χ4n) is 3.66. The normalized spacial score (nSPS) is 26.1. The van der Waals surface area contributed by atoms with Gasteiger partial charge in [0.25, 0.3) is 0 Å². The van der Waals surface area contributed by atoms with Crippen molar-refractivity contribution in [1.82, 2.24) is 0 Å². The number of carbonyl (C=O) groups excluding carboxylic acids is 1. The lowest BCUT2D eigenvalue weighted by molar-refractivity contribution is -0.119. The average molecular weight is 367 g/mol. The largest absolute Gasteiger partial charge is 0.508 e. The van der Waals surface area contributed by atoms with Crippen LogP contribution >= 0.6 is 0 Å². The molecular formula is C22H38O4. The number of allylic oxidation sites excluding steroid dienone is 1. The highest BCUT2D eigenvalue weighted by atomic mass is 16.4. The van der Waals surface area contributed by atoms with Crippen LogP contribution in [-0.4, -0.2) is 32.8 Å². The van der Waals surface area contributed by atoms with Crippen LogP contribution in [0.25, 0.3) is 0 Å². The summed E-state index contributed by atoms with van der Waals surface area (Å²) in [6, 6.07) is 0. The quantitative estimate of drug-likeness (QED) is 0.529. The van der Waals surface area contributed by atoms with Gasteiger partial charge in [0.1, 0.15) is 5.76 Å². The molecule has 4 atom stereocenters. The number of Topliss-reactive ketones (excluding diaryl/α,β-unsaturated/α-hetero) is 1. The van der Waals surface area contributed by atoms with Crippen LogP contribution in [0.3, 0.4) is 0 Å². The van der Waals surface area contributed by atoms with Gasteiger partial charge in [0.15, 0.2) is 11.4 Å². The topological polar surface area (TPSA) is 77.8 Å². The molecule has 0 saturated carbocycles. The van der Waals surface area contributed by atoms with Gasteiger partial charge in [0, 0.05) is 11.8 Å². The third-order valence-corrected chi connectivity index (χ3v) is 5.75. The van der Waals surface area contributed by atoms with Crippen LogP contribution in [0.1, 0.15) is 73.6 Å². The molecule has 0 bridgehead atoms. The molecule has 0 aliphatic heterocycles. The minimum atomic E-state index is -1.82. The molecule has 1 aliphatic carbocycles. The molecule has 4 heteroatoms. The van der Waals surface area contributed by atoms with E-state index in [0.717, 1.165) is 12.8 Å². The summed E-state index contributed by atoms with van der Waals surface area (Å²) >= 11 is 0. The zero-order valence-electron chi connectivity index (χ0n) is 17.4. The minimum Gasteiger partial charge on any atom is -0.508 e. The van der Waals surface area contributed by atoms with Crippen LogP contribution in [0.5, 0.6) is 0 Å². The summed E-state index contributed by atoms with van der Waals surface area (Å²) in [4.78, 5) is 12.8. The first-order chi connectivity index (χ1) is 12.0. The first-order valence-electron chi connectivity index (χ1n) is 10.1. The fraction of sp³-hybridized carbons (Fsp3) is 0.773. The number of hydrogen-bond acceptors (Lipinski definition) is 4. The van der Waals surface area contributed by atoms with Crippen LogP contribution < -0.4 is 0 Å². The van der Waals surface area contributed by atoms with Crippen molar-refractivity contribution in [3.63, 3.8) is 0 Å². The Morgan fingerprint density at radius 3 is 2.12 bits per heavy atom. The second-order valence-electron chi connectivity index (χ2n) is 8.76. The predicted molar refractivity (Wildman–Crippen MR) is 106 cm³/mol. The molecular weight excluding hydrogens is 328 g/mol. The number of rotatable bonds is 10. The third kappa shape index (κ3) is 4.58. The van der Waals surface area contributed by atoms with Crippen molar-refractivity contribution in [3.8, 4) is 0 Å². The zero-order valence-corrected chi connectivity index (χ0v) is 17.4. The van der Waals surface area contributed by atoms with Crippen LogP contribution in [0.2, 0.25) is 0 Å². The molecule has 0 saturated heterocycles. The van der Waals surface area contributed by atoms with Gasteiger partial charge in [-0.1, -0.05) is 54.5 Å². The second kappa shape index (κ2) is 9.18. The van der Waals surface area contributed by atoms with E-state index in [1.165, 1.54) is 0 Å². The first kappa shape index (κ1) is 22.9. The Hall–Kier alpha value is -1.13. The molecule has 0 aromatic rings. The Morgan fingerprint density at radius 2 is 1.65 bits per heavy atom. The molecule has 26 heavy (non-hydrogen) atoms. The van der Waals surface area contributed by atoms with Crippen LogP contribution in [0.15, 0.2) is 23.5 Å². The van der Waals surface area contributed by atoms with Gasteiger partial charge >= 0.3 is 0 Å². The standard InChI is InChI=1S/C22H38O4/c1-8-15(6)20(24)19-16(7)17(11-9-13(2)3)22(26,21(19)25)18(23)12-10-14(4)5/h13-15,17-18,23,25-26H,7-12H2,1-6H3/t15?,17?,18?,22-/m1/s1. The van der Waals surface area contributed by atoms with Crippen molar-refractivity contribution < 1.29 is 20.1 Å². The molecule has 4 nitrogen and oxygen atoms in total. The van der Waals surface area contributed by atoms with E-state index in [1.54, 1.807) is 0 Å². The molecule has 150 valence electrons. The number of hydrogen-bond donors (Lipinski definition) is 3. The monoisotopic (exact) mass is 366 g/mol. The van der Waals surface area contributed by atoms with Gasteiger partial charge in [-0.3, -0.25) is 4.79 Å². The van der Waals surface area contributed by atoms with Crippen molar-refractivity contribution in [2.75, 3.05) is 0 Å². The van der Waals surface area contributed by atoms with Gasteiger partial charge in [0.2, 0.25) is 0 Å². The van der Waals surface area contributed by atoms with E-state index in [2.05, 4.69) is 20.4 Å². The van der Waals surface area contributed by atoms with Gasteiger partial charge in [-0.2, -0.15) is 0 Å². The Kier molecular flexibility index (Phi) is 8.09. The molecule has 1 aliphatic rings. The molecule has 0 radical (unpaired) electrons. The lowest BCUT2D eigenvalue weighted by Crippen LogP contribution is -2.48. The molecule has 0 aromatic heterocycles. The summed E-state index contributed by atoms with van der Waals surface area (Å²) in [7, 11) is 0. The number of aliphatic hydroxyl groups excluding tert-OH is 2. The summed E-state index contributed by atoms with van der Waals surface area (Å²) in [5.74, 6) is -0.579. The SMILES string of the molecule is C=C1C(C(=O)C(C)CC)=C(O)[C@](O)(C(O)CCC(C)C)C1CCC(C)C. The first-order valence-corrected chi connectivity index (χ1v) is 10.1. The summed E-state index contributed by atoms with van der Waals surface area (Å²) < 4.78 is 0. The molecule has 0 heterocycles. The smallest absolute Gasteiger partial charge is 0.169 e. The molecule has 0 aromatic carbocycles. The Bertz CT molecular complexity index is 546. The molecule has 1 rings (SSSR count). The van der Waals surface area contributed by atoms with Gasteiger partial charge in [0.05, 0.1) is 11.7 Å². The second-order valence-corrected chi connectivity index (χ2v) is 8.76. The van der Waals surface area contributed by atoms with E-state index >= 15 is 0 Å². The van der Waals surface area contributed by atoms with Gasteiger partial charge in [-0.05, 0) is 43.1 Å². The number of ketones is 1. The van der Waals surface area contributed by atoms with Gasteiger partial charge in [-0.15, -0.1) is 0 Å². The summed E-state index contributed by atoms with van der Waals surface area (Å²) in [5.41, 5.74) is -1.21. The van der Waals surface area contributed by atoms with E-state index in [4.69, 9.17) is 0 Å². The average Bonchev–Trinajstić information content (AvgIpc) is 2.76. The van der Waals surface area contributed by atoms with Crippen LogP contribution in [0, 0.1) is 23.7 Å². The highest BCUT2D eigenvalue weighted by Crippen LogP contribution is 2.49. The number of carbonyl (C=O) groups is 1. The fourth-order valence-corrected chi connectivity index (χ4v) is 3.66. The van der Waals surface area contributed by atoms with E-state index in [0.29, 0.717) is 36.7 Å². The maximum absolute atomic E-state index is 12.8. The molecule has 3 N–H and O–H groups in total. The lowest BCUT2D eigenvalue weighted by atomic mass is 9.77. The van der Waals surface area contributed by atoms with E-state index in [-0.39, 0.29) is 23.0 Å². The Labute approximate surface area is 159 Å². The van der Waals surface area contributed by atoms with E-state index in [1.807, 2.05) is 27.7 Å². The molecule has 0 spiro atoms. The van der Waals surface area contributed by atoms with Crippen molar-refractivity contribution in [2.45, 2.75) is 85.4 Å². The van der Waals surface area contributed by atoms with Crippen molar-refractivity contribution in [1.29, 1.82) is 0 Å². The van der Waals surface area contributed by atoms with Crippen molar-refractivity contribution in [2.24, 2.45) is 23.7 Å². The van der Waals surface area contributed by atoms with Crippen LogP contribution in [0.4, 0.5) is 0 Å². The van der Waals surface area contributed by atoms with E-state index < -0.39 is 17.6 Å². The summed E-state index contributed by atoms with van der Waals surface area (Å²) in [6.45, 7) is 16.0. The number of aliphatic hydroxyl groups is 3. The van der Waals surface area contributed by atoms with Crippen LogP contribution in [-0.2, 0) is 4.79 Å². The molecule has 0 amide bonds. The lowest BCUT2D eigenvalue weighted by Gasteiger charge is -2.36. The molecule has 3 unspecified atom stereocenters. The minimum absolute atomic E-state index is 0.138. The highest BCUT2D eigenvalue weighted by molar-refractivity contribution is 6.02. The van der Waals surface area contributed by atoms with Gasteiger partial charge < -0.3 is 15.3 Å². The third-order valence-electron chi connectivity index (χ3n) is 5.75. The zero-order chi connectivity index (χ0) is 20.2. The predicted octanol–water partition coefficient (Wildman–Crippen LogP) is 4.56. The van der Waals surface area contributed by atoms with Crippen molar-refractivity contribution >= 4 is 5.78 Å². The summed E-state index contributed by atoms with van der Waals surface area (Å²) in [6.07, 6.45) is 2.02. The molecule has 0 fully saturated rings. The highest BCUT2D eigenvalue weighted by Gasteiger charge is 2.55. The van der Waals surface area contributed by atoms with E-state index in [9.17, 15) is 20.1 Å². The maximum atomic E-state index is 12.8.